The van der Waals surface area contributed by atoms with Crippen LogP contribution in [0.5, 0.6) is 0 Å². The van der Waals surface area contributed by atoms with E-state index in [9.17, 15) is 4.79 Å². The average molecular weight is 236 g/mol. The van der Waals surface area contributed by atoms with Crippen molar-refractivity contribution in [1.82, 2.24) is 4.98 Å². The van der Waals surface area contributed by atoms with E-state index in [2.05, 4.69) is 25.8 Å². The van der Waals surface area contributed by atoms with Crippen LogP contribution in [0.2, 0.25) is 0 Å². The van der Waals surface area contributed by atoms with Gasteiger partial charge in [-0.1, -0.05) is 46.5 Å². The van der Waals surface area contributed by atoms with E-state index < -0.39 is 0 Å². The molecule has 3 nitrogen and oxygen atoms in total. The standard InChI is InChI=1S/C14H24N2O/c1-4-5-6-7-10-14(2,3)11-8-9-12(15)16-13(11)17/h8-9H,4-7,10H2,1-3H3,(H3,15,16,17). The van der Waals surface area contributed by atoms with E-state index in [4.69, 9.17) is 5.73 Å². The summed E-state index contributed by atoms with van der Waals surface area (Å²) < 4.78 is 0. The van der Waals surface area contributed by atoms with Crippen molar-refractivity contribution in [2.75, 3.05) is 5.73 Å². The lowest BCUT2D eigenvalue weighted by molar-refractivity contribution is 0.442. The Morgan fingerprint density at radius 1 is 1.24 bits per heavy atom. The van der Waals surface area contributed by atoms with Gasteiger partial charge in [0.05, 0.1) is 0 Å². The third-order valence-electron chi connectivity index (χ3n) is 3.32. The van der Waals surface area contributed by atoms with Gasteiger partial charge in [-0.25, -0.2) is 0 Å². The predicted octanol–water partition coefficient (Wildman–Crippen LogP) is 3.21. The molecule has 0 spiro atoms. The van der Waals surface area contributed by atoms with Crippen molar-refractivity contribution >= 4 is 5.82 Å². The number of pyridine rings is 1. The summed E-state index contributed by atoms with van der Waals surface area (Å²) in [4.78, 5) is 14.5. The molecule has 0 bridgehead atoms. The van der Waals surface area contributed by atoms with Crippen LogP contribution in [0.4, 0.5) is 5.82 Å². The fourth-order valence-electron chi connectivity index (χ4n) is 2.15. The van der Waals surface area contributed by atoms with Crippen molar-refractivity contribution in [2.24, 2.45) is 0 Å². The van der Waals surface area contributed by atoms with Crippen LogP contribution in [-0.4, -0.2) is 4.98 Å². The van der Waals surface area contributed by atoms with Gasteiger partial charge in [0.15, 0.2) is 0 Å². The first-order valence-corrected chi connectivity index (χ1v) is 6.46. The van der Waals surface area contributed by atoms with Gasteiger partial charge < -0.3 is 10.7 Å². The number of unbranched alkanes of at least 4 members (excludes halogenated alkanes) is 3. The molecule has 0 saturated carbocycles. The molecule has 17 heavy (non-hydrogen) atoms. The Hall–Kier alpha value is -1.25. The number of nitrogen functional groups attached to an aromatic ring is 1. The van der Waals surface area contributed by atoms with Gasteiger partial charge in [0.2, 0.25) is 0 Å². The zero-order chi connectivity index (χ0) is 12.9. The minimum Gasteiger partial charge on any atom is -0.385 e. The monoisotopic (exact) mass is 236 g/mol. The zero-order valence-corrected chi connectivity index (χ0v) is 11.2. The Labute approximate surface area is 103 Å². The van der Waals surface area contributed by atoms with E-state index in [0.29, 0.717) is 5.82 Å². The molecule has 0 aromatic carbocycles. The van der Waals surface area contributed by atoms with Crippen molar-refractivity contribution < 1.29 is 0 Å². The minimum absolute atomic E-state index is 0.0505. The van der Waals surface area contributed by atoms with Crippen LogP contribution >= 0.6 is 0 Å². The van der Waals surface area contributed by atoms with Crippen molar-refractivity contribution in [3.8, 4) is 0 Å². The summed E-state index contributed by atoms with van der Waals surface area (Å²) in [6.07, 6.45) is 5.97. The van der Waals surface area contributed by atoms with Crippen LogP contribution in [0.25, 0.3) is 0 Å². The molecule has 0 aliphatic carbocycles. The maximum atomic E-state index is 11.8. The quantitative estimate of drug-likeness (QED) is 0.745. The summed E-state index contributed by atoms with van der Waals surface area (Å²) in [5.74, 6) is 0.431. The highest BCUT2D eigenvalue weighted by molar-refractivity contribution is 5.32. The molecular weight excluding hydrogens is 212 g/mol. The molecule has 1 rings (SSSR count). The van der Waals surface area contributed by atoms with E-state index in [0.717, 1.165) is 12.0 Å². The molecular formula is C14H24N2O. The number of nitrogens with two attached hydrogens (primary N) is 1. The van der Waals surface area contributed by atoms with Gasteiger partial charge in [0.1, 0.15) is 5.82 Å². The molecule has 0 fully saturated rings. The van der Waals surface area contributed by atoms with Crippen molar-refractivity contribution in [2.45, 2.75) is 58.3 Å². The van der Waals surface area contributed by atoms with E-state index in [1.54, 1.807) is 6.07 Å². The van der Waals surface area contributed by atoms with E-state index in [1.807, 2.05) is 6.07 Å². The lowest BCUT2D eigenvalue weighted by atomic mass is 9.80. The number of hydrogen-bond donors (Lipinski definition) is 2. The van der Waals surface area contributed by atoms with E-state index in [1.165, 1.54) is 25.7 Å². The second-order valence-corrected chi connectivity index (χ2v) is 5.35. The van der Waals surface area contributed by atoms with Crippen LogP contribution < -0.4 is 11.3 Å². The summed E-state index contributed by atoms with van der Waals surface area (Å²) >= 11 is 0. The fraction of sp³-hybridized carbons (Fsp3) is 0.643. The van der Waals surface area contributed by atoms with Gasteiger partial charge in [-0.2, -0.15) is 0 Å². The Morgan fingerprint density at radius 3 is 2.53 bits per heavy atom. The topological polar surface area (TPSA) is 58.9 Å². The first-order chi connectivity index (χ1) is 7.97. The lowest BCUT2D eigenvalue weighted by Gasteiger charge is -2.24. The Morgan fingerprint density at radius 2 is 1.94 bits per heavy atom. The van der Waals surface area contributed by atoms with Gasteiger partial charge in [0.25, 0.3) is 5.56 Å². The van der Waals surface area contributed by atoms with Gasteiger partial charge in [-0.3, -0.25) is 4.79 Å². The highest BCUT2D eigenvalue weighted by Crippen LogP contribution is 2.27. The maximum absolute atomic E-state index is 11.8. The Kier molecular flexibility index (Phi) is 4.79. The molecule has 96 valence electrons. The smallest absolute Gasteiger partial charge is 0.253 e. The first kappa shape index (κ1) is 13.8. The fourth-order valence-corrected chi connectivity index (χ4v) is 2.15. The maximum Gasteiger partial charge on any atom is 0.253 e. The normalized spacial score (nSPS) is 11.7. The molecule has 0 aliphatic rings. The van der Waals surface area contributed by atoms with Crippen LogP contribution in [0.15, 0.2) is 16.9 Å². The molecule has 1 heterocycles. The lowest BCUT2D eigenvalue weighted by Crippen LogP contribution is -2.27. The average Bonchev–Trinajstić information content (AvgIpc) is 2.24. The van der Waals surface area contributed by atoms with Gasteiger partial charge in [0, 0.05) is 5.56 Å². The second kappa shape index (κ2) is 5.89. The number of H-pyrrole nitrogens is 1. The second-order valence-electron chi connectivity index (χ2n) is 5.35. The zero-order valence-electron chi connectivity index (χ0n) is 11.2. The molecule has 3 N–H and O–H groups in total. The van der Waals surface area contributed by atoms with Gasteiger partial charge in [-0.15, -0.1) is 0 Å². The van der Waals surface area contributed by atoms with Crippen LogP contribution in [0.3, 0.4) is 0 Å². The first-order valence-electron chi connectivity index (χ1n) is 6.46. The molecule has 0 amide bonds. The molecule has 1 aromatic heterocycles. The molecule has 0 unspecified atom stereocenters. The Balaban J connectivity index is 2.71. The third kappa shape index (κ3) is 3.91. The molecule has 0 saturated heterocycles. The van der Waals surface area contributed by atoms with Crippen molar-refractivity contribution in [3.63, 3.8) is 0 Å². The highest BCUT2D eigenvalue weighted by atomic mass is 16.1. The molecule has 0 radical (unpaired) electrons. The van der Waals surface area contributed by atoms with Crippen LogP contribution in [0.1, 0.15) is 58.4 Å². The molecule has 1 aromatic rings. The van der Waals surface area contributed by atoms with Gasteiger partial charge in [-0.05, 0) is 24.0 Å². The van der Waals surface area contributed by atoms with Crippen LogP contribution in [-0.2, 0) is 5.41 Å². The van der Waals surface area contributed by atoms with Gasteiger partial charge >= 0.3 is 0 Å². The molecule has 0 atom stereocenters. The minimum atomic E-state index is -0.0744. The summed E-state index contributed by atoms with van der Waals surface area (Å²) in [5.41, 5.74) is 6.27. The largest absolute Gasteiger partial charge is 0.385 e. The molecule has 0 aliphatic heterocycles. The SMILES string of the molecule is CCCCCCC(C)(C)c1ccc(N)[nH]c1=O. The summed E-state index contributed by atoms with van der Waals surface area (Å²) in [7, 11) is 0. The van der Waals surface area contributed by atoms with E-state index in [-0.39, 0.29) is 11.0 Å². The summed E-state index contributed by atoms with van der Waals surface area (Å²) in [6.45, 7) is 6.45. The van der Waals surface area contributed by atoms with Crippen LogP contribution in [0, 0.1) is 0 Å². The highest BCUT2D eigenvalue weighted by Gasteiger charge is 2.23. The number of anilines is 1. The molecule has 3 heteroatoms. The Bertz CT molecular complexity index is 407. The summed E-state index contributed by atoms with van der Waals surface area (Å²) in [5, 5.41) is 0. The number of nitrogens with one attached hydrogen (secondary N) is 1. The number of aromatic amines is 1. The third-order valence-corrected chi connectivity index (χ3v) is 3.32. The summed E-state index contributed by atoms with van der Waals surface area (Å²) in [6, 6.07) is 3.62. The number of hydrogen-bond acceptors (Lipinski definition) is 2. The number of aromatic nitrogens is 1. The van der Waals surface area contributed by atoms with Crippen molar-refractivity contribution in [1.29, 1.82) is 0 Å². The number of rotatable bonds is 6. The predicted molar refractivity (Wildman–Crippen MR) is 73.3 cm³/mol. The van der Waals surface area contributed by atoms with Crippen molar-refractivity contribution in [3.05, 3.63) is 28.0 Å². The van der Waals surface area contributed by atoms with E-state index >= 15 is 0 Å².